The second-order valence-corrected chi connectivity index (χ2v) is 1.15. The van der Waals surface area contributed by atoms with Gasteiger partial charge in [-0.25, -0.2) is 5.41 Å². The van der Waals surface area contributed by atoms with Gasteiger partial charge in [0, 0.05) is 0 Å². The zero-order valence-electron chi connectivity index (χ0n) is 5.64. The maximum Gasteiger partial charge on any atom is 0.380 e. The van der Waals surface area contributed by atoms with Crippen LogP contribution in [-0.4, -0.2) is 19.3 Å². The van der Waals surface area contributed by atoms with E-state index in [4.69, 9.17) is 5.41 Å². The molecule has 0 rings (SSSR count). The molecule has 0 radical (unpaired) electrons. The summed E-state index contributed by atoms with van der Waals surface area (Å²) in [4.78, 5) is 0. The molecule has 0 unspecified atom stereocenters. The maximum atomic E-state index is 6.84. The Bertz CT molecular complexity index is 69.4. The largest absolute Gasteiger partial charge is 0.451 e. The first-order chi connectivity index (χ1) is 3.81. The van der Waals surface area contributed by atoms with Gasteiger partial charge in [0.2, 0.25) is 0 Å². The van der Waals surface area contributed by atoms with Crippen molar-refractivity contribution in [3.05, 3.63) is 0 Å². The molecule has 0 aliphatic heterocycles. The summed E-state index contributed by atoms with van der Waals surface area (Å²) in [6.45, 7) is 4.62. The number of ether oxygens (including phenoxy) is 2. The van der Waals surface area contributed by atoms with Gasteiger partial charge in [0.15, 0.2) is 0 Å². The van der Waals surface area contributed by atoms with Crippen LogP contribution in [0.15, 0.2) is 0 Å². The lowest BCUT2D eigenvalue weighted by Crippen LogP contribution is -2.06. The molecule has 1 N–H and O–H groups in total. The van der Waals surface area contributed by atoms with Gasteiger partial charge < -0.3 is 9.47 Å². The Morgan fingerprint density at radius 3 is 1.78 bits per heavy atom. The van der Waals surface area contributed by atoms with Crippen LogP contribution in [0.1, 0.15) is 13.8 Å². The maximum absolute atomic E-state index is 6.84. The van der Waals surface area contributed by atoms with Gasteiger partial charge in [-0.15, -0.1) is 12.4 Å². The first-order valence-corrected chi connectivity index (χ1v) is 2.65. The summed E-state index contributed by atoms with van der Waals surface area (Å²) < 4.78 is 9.29. The predicted octanol–water partition coefficient (Wildman–Crippen LogP) is 1.42. The summed E-state index contributed by atoms with van der Waals surface area (Å²) in [7, 11) is 0. The molecule has 0 fully saturated rings. The second-order valence-electron chi connectivity index (χ2n) is 1.15. The van der Waals surface area contributed by atoms with Crippen LogP contribution in [0.2, 0.25) is 0 Å². The van der Waals surface area contributed by atoms with E-state index in [0.717, 1.165) is 0 Å². The summed E-state index contributed by atoms with van der Waals surface area (Å²) >= 11 is 0. The van der Waals surface area contributed by atoms with Gasteiger partial charge in [-0.05, 0) is 13.8 Å². The zero-order valence-corrected chi connectivity index (χ0v) is 6.46. The van der Waals surface area contributed by atoms with Crippen LogP contribution in [0, 0.1) is 5.41 Å². The number of rotatable bonds is 2. The molecule has 4 heteroatoms. The number of halogens is 1. The summed E-state index contributed by atoms with van der Waals surface area (Å²) in [5.41, 5.74) is 0. The molecule has 0 aromatic rings. The SMILES string of the molecule is CCOC(=N)OCC.Cl. The zero-order chi connectivity index (χ0) is 6.41. The van der Waals surface area contributed by atoms with Gasteiger partial charge in [-0.3, -0.25) is 0 Å². The molecule has 0 amide bonds. The Kier molecular flexibility index (Phi) is 9.55. The number of nitrogens with one attached hydrogen (secondary N) is 1. The average molecular weight is 154 g/mol. The third-order valence-electron chi connectivity index (χ3n) is 0.551. The molecule has 0 saturated heterocycles. The summed E-state index contributed by atoms with van der Waals surface area (Å²) in [6, 6.07) is 0. The van der Waals surface area contributed by atoms with Crippen molar-refractivity contribution in [1.82, 2.24) is 0 Å². The lowest BCUT2D eigenvalue weighted by molar-refractivity contribution is 0.177. The molecular weight excluding hydrogens is 142 g/mol. The van der Waals surface area contributed by atoms with Crippen molar-refractivity contribution in [2.45, 2.75) is 13.8 Å². The quantitative estimate of drug-likeness (QED) is 0.482. The Labute approximate surface area is 61.3 Å². The minimum atomic E-state index is -0.0880. The Morgan fingerprint density at radius 1 is 1.22 bits per heavy atom. The van der Waals surface area contributed by atoms with Gasteiger partial charge in [0.1, 0.15) is 0 Å². The first kappa shape index (κ1) is 11.4. The van der Waals surface area contributed by atoms with E-state index in [0.29, 0.717) is 13.2 Å². The van der Waals surface area contributed by atoms with Crippen molar-refractivity contribution >= 4 is 18.5 Å². The van der Waals surface area contributed by atoms with Crippen LogP contribution in [-0.2, 0) is 9.47 Å². The fraction of sp³-hybridized carbons (Fsp3) is 0.800. The second kappa shape index (κ2) is 7.56. The van der Waals surface area contributed by atoms with Gasteiger partial charge >= 0.3 is 6.08 Å². The molecule has 0 heterocycles. The van der Waals surface area contributed by atoms with Gasteiger partial charge in [0.05, 0.1) is 13.2 Å². The minimum absolute atomic E-state index is 0. The highest BCUT2D eigenvalue weighted by molar-refractivity contribution is 5.85. The van der Waals surface area contributed by atoms with Crippen LogP contribution in [0.5, 0.6) is 0 Å². The number of hydrogen-bond acceptors (Lipinski definition) is 3. The van der Waals surface area contributed by atoms with E-state index in [1.165, 1.54) is 0 Å². The van der Waals surface area contributed by atoms with Crippen molar-refractivity contribution in [3.8, 4) is 0 Å². The summed E-state index contributed by atoms with van der Waals surface area (Å²) in [5, 5.41) is 6.84. The van der Waals surface area contributed by atoms with Gasteiger partial charge in [-0.2, -0.15) is 0 Å². The Balaban J connectivity index is 0. The molecule has 0 aromatic carbocycles. The van der Waals surface area contributed by atoms with E-state index in [1.54, 1.807) is 0 Å². The highest BCUT2D eigenvalue weighted by Gasteiger charge is 1.90. The van der Waals surface area contributed by atoms with E-state index in [-0.39, 0.29) is 18.5 Å². The first-order valence-electron chi connectivity index (χ1n) is 2.65. The Hall–Kier alpha value is -0.440. The summed E-state index contributed by atoms with van der Waals surface area (Å²) in [6.07, 6.45) is -0.0880. The molecular formula is C5H12ClNO2. The average Bonchev–Trinajstić information content (AvgIpc) is 1.68. The topological polar surface area (TPSA) is 42.3 Å². The van der Waals surface area contributed by atoms with Crippen molar-refractivity contribution in [3.63, 3.8) is 0 Å². The molecule has 3 nitrogen and oxygen atoms in total. The molecule has 0 bridgehead atoms. The van der Waals surface area contributed by atoms with Crippen molar-refractivity contribution in [2.24, 2.45) is 0 Å². The smallest absolute Gasteiger partial charge is 0.380 e. The van der Waals surface area contributed by atoms with Gasteiger partial charge in [0.25, 0.3) is 0 Å². The molecule has 9 heavy (non-hydrogen) atoms. The van der Waals surface area contributed by atoms with E-state index >= 15 is 0 Å². The highest BCUT2D eigenvalue weighted by Crippen LogP contribution is 1.79. The lowest BCUT2D eigenvalue weighted by Gasteiger charge is -2.02. The molecule has 56 valence electrons. The van der Waals surface area contributed by atoms with E-state index in [9.17, 15) is 0 Å². The van der Waals surface area contributed by atoms with Crippen LogP contribution in [0.3, 0.4) is 0 Å². The third kappa shape index (κ3) is 7.56. The van der Waals surface area contributed by atoms with Crippen LogP contribution in [0.25, 0.3) is 0 Å². The van der Waals surface area contributed by atoms with Crippen molar-refractivity contribution in [2.75, 3.05) is 13.2 Å². The van der Waals surface area contributed by atoms with E-state index in [1.807, 2.05) is 13.8 Å². The molecule has 0 aromatic heterocycles. The normalized spacial score (nSPS) is 7.33. The minimum Gasteiger partial charge on any atom is -0.451 e. The van der Waals surface area contributed by atoms with Crippen LogP contribution in [0.4, 0.5) is 0 Å². The molecule has 0 atom stereocenters. The summed E-state index contributed by atoms with van der Waals surface area (Å²) in [5.74, 6) is 0. The molecule has 0 spiro atoms. The van der Waals surface area contributed by atoms with Crippen LogP contribution < -0.4 is 0 Å². The fourth-order valence-corrected chi connectivity index (χ4v) is 0.304. The van der Waals surface area contributed by atoms with Crippen molar-refractivity contribution < 1.29 is 9.47 Å². The molecule has 0 saturated carbocycles. The van der Waals surface area contributed by atoms with Crippen LogP contribution >= 0.6 is 12.4 Å². The molecule has 0 aliphatic carbocycles. The van der Waals surface area contributed by atoms with E-state index < -0.39 is 0 Å². The number of hydrogen-bond donors (Lipinski definition) is 1. The predicted molar refractivity (Wildman–Crippen MR) is 38.2 cm³/mol. The Morgan fingerprint density at radius 2 is 1.56 bits per heavy atom. The monoisotopic (exact) mass is 153 g/mol. The standard InChI is InChI=1S/C5H11NO2.ClH/c1-3-7-5(6)8-4-2;/h6H,3-4H2,1-2H3;1H. The van der Waals surface area contributed by atoms with Crippen molar-refractivity contribution in [1.29, 1.82) is 5.41 Å². The highest BCUT2D eigenvalue weighted by atomic mass is 35.5. The molecule has 0 aliphatic rings. The third-order valence-corrected chi connectivity index (χ3v) is 0.551. The lowest BCUT2D eigenvalue weighted by atomic mass is 10.8. The van der Waals surface area contributed by atoms with E-state index in [2.05, 4.69) is 9.47 Å². The van der Waals surface area contributed by atoms with Gasteiger partial charge in [-0.1, -0.05) is 0 Å². The fourth-order valence-electron chi connectivity index (χ4n) is 0.304.